The minimum Gasteiger partial charge on any atom is -0.369 e. The number of nitrogens with zero attached hydrogens (tertiary/aromatic N) is 2. The number of hydrogen-bond donors (Lipinski definition) is 4. The maximum absolute atomic E-state index is 14.5. The van der Waals surface area contributed by atoms with E-state index < -0.39 is 33.7 Å². The number of sulfonamides is 1. The SMILES string of the molecule is NC(=O)[C@H]1[C@@H]2C[C@H]3[C@H]1Nc1nc(ncc1F)Nc1cccc(c1)CS(=O)(=O)N[C@@H]3C2. The molecule has 0 spiro atoms. The van der Waals surface area contributed by atoms with Crippen molar-refractivity contribution in [3.8, 4) is 0 Å². The quantitative estimate of drug-likeness (QED) is 0.529. The van der Waals surface area contributed by atoms with Gasteiger partial charge in [-0.25, -0.2) is 22.5 Å². The van der Waals surface area contributed by atoms with Crippen molar-refractivity contribution in [2.45, 2.75) is 30.7 Å². The van der Waals surface area contributed by atoms with Crippen molar-refractivity contribution in [1.82, 2.24) is 14.7 Å². The van der Waals surface area contributed by atoms with Crippen molar-refractivity contribution in [2.75, 3.05) is 10.6 Å². The molecular weight excluding hydrogens is 411 g/mol. The van der Waals surface area contributed by atoms with E-state index in [0.717, 1.165) is 6.20 Å². The normalized spacial score (nSPS) is 31.3. The second-order valence-electron chi connectivity index (χ2n) is 8.19. The average Bonchev–Trinajstić information content (AvgIpc) is 3.21. The molecule has 5 N–H and O–H groups in total. The fraction of sp³-hybridized carbons (Fsp3) is 0.421. The molecule has 0 saturated heterocycles. The van der Waals surface area contributed by atoms with Gasteiger partial charge in [-0.15, -0.1) is 0 Å². The largest absolute Gasteiger partial charge is 0.369 e. The van der Waals surface area contributed by atoms with Gasteiger partial charge in [0.25, 0.3) is 0 Å². The number of primary amides is 1. The van der Waals surface area contributed by atoms with E-state index >= 15 is 0 Å². The number of carbonyl (C=O) groups is 1. The first-order valence-corrected chi connectivity index (χ1v) is 11.4. The minimum atomic E-state index is -3.62. The van der Waals surface area contributed by atoms with Gasteiger partial charge < -0.3 is 16.4 Å². The highest BCUT2D eigenvalue weighted by Gasteiger charge is 2.55. The van der Waals surface area contributed by atoms with E-state index in [-0.39, 0.29) is 35.4 Å². The van der Waals surface area contributed by atoms with E-state index in [1.165, 1.54) is 0 Å². The Hall–Kier alpha value is -2.79. The second kappa shape index (κ2) is 6.88. The first-order valence-electron chi connectivity index (χ1n) is 9.73. The van der Waals surface area contributed by atoms with Crippen LogP contribution in [0.25, 0.3) is 0 Å². The number of amides is 1. The third-order valence-corrected chi connectivity index (χ3v) is 7.63. The lowest BCUT2D eigenvalue weighted by atomic mass is 9.81. The summed E-state index contributed by atoms with van der Waals surface area (Å²) < 4.78 is 42.9. The Balaban J connectivity index is 1.60. The summed E-state index contributed by atoms with van der Waals surface area (Å²) in [5.41, 5.74) is 6.81. The summed E-state index contributed by atoms with van der Waals surface area (Å²) in [6.07, 6.45) is 2.21. The number of nitrogens with one attached hydrogen (secondary N) is 3. The van der Waals surface area contributed by atoms with Crippen LogP contribution in [0.4, 0.5) is 21.8 Å². The summed E-state index contributed by atoms with van der Waals surface area (Å²) in [6.45, 7) is 0. The first kappa shape index (κ1) is 19.2. The Kier molecular flexibility index (Phi) is 4.40. The van der Waals surface area contributed by atoms with Crippen LogP contribution in [-0.2, 0) is 20.6 Å². The van der Waals surface area contributed by atoms with Crippen LogP contribution in [0, 0.1) is 23.6 Å². The number of anilines is 3. The summed E-state index contributed by atoms with van der Waals surface area (Å²) in [5, 5.41) is 6.00. The highest BCUT2D eigenvalue weighted by atomic mass is 32.2. The molecule has 9 nitrogen and oxygen atoms in total. The molecule has 2 saturated carbocycles. The molecule has 1 amide bonds. The number of hydrogen-bond acceptors (Lipinski definition) is 7. The van der Waals surface area contributed by atoms with Gasteiger partial charge in [0.15, 0.2) is 11.6 Å². The number of fused-ring (bicyclic) bond motifs is 5. The zero-order chi connectivity index (χ0) is 21.0. The van der Waals surface area contributed by atoms with Crippen molar-refractivity contribution in [3.63, 3.8) is 0 Å². The number of benzene rings is 1. The molecule has 5 rings (SSSR count). The van der Waals surface area contributed by atoms with Gasteiger partial charge in [0.2, 0.25) is 21.9 Å². The number of rotatable bonds is 1. The van der Waals surface area contributed by atoms with Crippen molar-refractivity contribution >= 4 is 33.4 Å². The van der Waals surface area contributed by atoms with Crippen LogP contribution in [0.5, 0.6) is 0 Å². The molecule has 30 heavy (non-hydrogen) atoms. The average molecular weight is 432 g/mol. The lowest BCUT2D eigenvalue weighted by Gasteiger charge is -2.35. The van der Waals surface area contributed by atoms with Crippen molar-refractivity contribution in [2.24, 2.45) is 23.5 Å². The third-order valence-electron chi connectivity index (χ3n) is 6.25. The lowest BCUT2D eigenvalue weighted by molar-refractivity contribution is -0.123. The Labute approximate surface area is 172 Å². The van der Waals surface area contributed by atoms with E-state index in [1.807, 2.05) is 0 Å². The first-order chi connectivity index (χ1) is 14.3. The topological polar surface area (TPSA) is 139 Å². The van der Waals surface area contributed by atoms with Crippen LogP contribution in [0.2, 0.25) is 0 Å². The molecule has 2 aliphatic carbocycles. The Morgan fingerprint density at radius 3 is 2.90 bits per heavy atom. The van der Waals surface area contributed by atoms with E-state index in [0.29, 0.717) is 24.1 Å². The zero-order valence-electron chi connectivity index (χ0n) is 15.9. The maximum Gasteiger partial charge on any atom is 0.229 e. The van der Waals surface area contributed by atoms with E-state index in [9.17, 15) is 17.6 Å². The summed E-state index contributed by atoms with van der Waals surface area (Å²) in [4.78, 5) is 20.3. The Morgan fingerprint density at radius 2 is 2.10 bits per heavy atom. The summed E-state index contributed by atoms with van der Waals surface area (Å²) in [5.74, 6) is -2.02. The molecule has 2 heterocycles. The van der Waals surface area contributed by atoms with Gasteiger partial charge in [0.1, 0.15) is 0 Å². The Morgan fingerprint density at radius 1 is 1.27 bits per heavy atom. The van der Waals surface area contributed by atoms with Crippen molar-refractivity contribution in [3.05, 3.63) is 41.8 Å². The second-order valence-corrected chi connectivity index (χ2v) is 9.95. The summed E-state index contributed by atoms with van der Waals surface area (Å²) in [7, 11) is -3.62. The van der Waals surface area contributed by atoms with E-state index in [4.69, 9.17) is 5.73 Å². The molecule has 1 aliphatic heterocycles. The highest BCUT2D eigenvalue weighted by molar-refractivity contribution is 7.88. The number of carbonyl (C=O) groups excluding carboxylic acids is 1. The van der Waals surface area contributed by atoms with Gasteiger partial charge in [0, 0.05) is 17.8 Å². The van der Waals surface area contributed by atoms with E-state index in [1.54, 1.807) is 24.3 Å². The summed E-state index contributed by atoms with van der Waals surface area (Å²) >= 11 is 0. The maximum atomic E-state index is 14.5. The molecule has 0 radical (unpaired) electrons. The van der Waals surface area contributed by atoms with Crippen LogP contribution >= 0.6 is 0 Å². The lowest BCUT2D eigenvalue weighted by Crippen LogP contribution is -2.51. The predicted octanol–water partition coefficient (Wildman–Crippen LogP) is 1.08. The predicted molar refractivity (Wildman–Crippen MR) is 108 cm³/mol. The van der Waals surface area contributed by atoms with Gasteiger partial charge in [-0.2, -0.15) is 4.98 Å². The third kappa shape index (κ3) is 3.37. The molecule has 0 unspecified atom stereocenters. The van der Waals surface area contributed by atoms with Crippen LogP contribution in [0.3, 0.4) is 0 Å². The fourth-order valence-electron chi connectivity index (χ4n) is 5.15. The highest BCUT2D eigenvalue weighted by Crippen LogP contribution is 2.50. The smallest absolute Gasteiger partial charge is 0.229 e. The van der Waals surface area contributed by atoms with Crippen LogP contribution in [0.15, 0.2) is 30.5 Å². The van der Waals surface area contributed by atoms with Gasteiger partial charge in [-0.3, -0.25) is 4.79 Å². The van der Waals surface area contributed by atoms with Gasteiger partial charge in [-0.05, 0) is 42.4 Å². The van der Waals surface area contributed by atoms with Gasteiger partial charge in [0.05, 0.1) is 17.9 Å². The number of halogens is 1. The van der Waals surface area contributed by atoms with Crippen LogP contribution < -0.4 is 21.1 Å². The summed E-state index contributed by atoms with van der Waals surface area (Å²) in [6, 6.07) is 6.00. The molecule has 1 aromatic carbocycles. The molecule has 1 aromatic heterocycles. The molecule has 11 heteroatoms. The minimum absolute atomic E-state index is 0.0499. The monoisotopic (exact) mass is 432 g/mol. The van der Waals surface area contributed by atoms with Crippen LogP contribution in [-0.4, -0.2) is 36.4 Å². The van der Waals surface area contributed by atoms with Crippen LogP contribution in [0.1, 0.15) is 18.4 Å². The molecule has 2 aromatic rings. The zero-order valence-corrected chi connectivity index (χ0v) is 16.7. The van der Waals surface area contributed by atoms with Crippen molar-refractivity contribution in [1.29, 1.82) is 0 Å². The van der Waals surface area contributed by atoms with Gasteiger partial charge in [-0.1, -0.05) is 12.1 Å². The van der Waals surface area contributed by atoms with E-state index in [2.05, 4.69) is 25.3 Å². The molecule has 5 atom stereocenters. The number of nitrogens with two attached hydrogens (primary N) is 1. The molecule has 2 fully saturated rings. The molecule has 3 aliphatic rings. The fourth-order valence-corrected chi connectivity index (χ4v) is 6.58. The molecular formula is C19H21FN6O3S. The van der Waals surface area contributed by atoms with Gasteiger partial charge >= 0.3 is 0 Å². The molecule has 158 valence electrons. The van der Waals surface area contributed by atoms with Crippen molar-refractivity contribution < 1.29 is 17.6 Å². The number of aromatic nitrogens is 2. The standard InChI is InChI=1S/C19H21FN6O3S/c20-13-7-22-19-23-11-3-1-2-9(4-11)8-30(28,29)26-14-6-10-5-12(14)16(15(10)17(21)27)24-18(13)25-19/h1-4,7,10,12,14-16,26H,5-6,8H2,(H2,21,27)(H2,22,23,24,25)/t10-,12-,14-,15+,16-/m1/s1. The Bertz CT molecular complexity index is 1130. The molecule has 6 bridgehead atoms.